The van der Waals surface area contributed by atoms with Gasteiger partial charge in [-0.05, 0) is 47.5 Å². The molecule has 0 saturated carbocycles. The minimum atomic E-state index is -0.421. The SMILES string of the molecule is O=C1C=Cc2cc(NC(=O)CN3CCN(c4ccc(Cl)c(F)c4)CC3)ccc2C1. The molecule has 1 aliphatic heterocycles. The highest BCUT2D eigenvalue weighted by Crippen LogP contribution is 2.23. The Labute approximate surface area is 173 Å². The van der Waals surface area contributed by atoms with Gasteiger partial charge in [0.15, 0.2) is 5.78 Å². The van der Waals surface area contributed by atoms with Crippen LogP contribution in [0.2, 0.25) is 5.02 Å². The fourth-order valence-electron chi connectivity index (χ4n) is 3.67. The van der Waals surface area contributed by atoms with Crippen LogP contribution in [0.3, 0.4) is 0 Å². The van der Waals surface area contributed by atoms with Gasteiger partial charge in [0.1, 0.15) is 5.82 Å². The second-order valence-electron chi connectivity index (χ2n) is 7.30. The lowest BCUT2D eigenvalue weighted by Crippen LogP contribution is -2.48. The summed E-state index contributed by atoms with van der Waals surface area (Å²) in [6.07, 6.45) is 3.76. The molecule has 2 aliphatic rings. The third-order valence-corrected chi connectivity index (χ3v) is 5.56. The molecule has 1 amide bonds. The highest BCUT2D eigenvalue weighted by Gasteiger charge is 2.20. The van der Waals surface area contributed by atoms with Crippen LogP contribution < -0.4 is 10.2 Å². The summed E-state index contributed by atoms with van der Waals surface area (Å²) >= 11 is 5.75. The van der Waals surface area contributed by atoms with Crippen LogP contribution in [0, 0.1) is 5.82 Å². The van der Waals surface area contributed by atoms with E-state index in [9.17, 15) is 14.0 Å². The Hall–Kier alpha value is -2.70. The van der Waals surface area contributed by atoms with Crippen molar-refractivity contribution in [2.24, 2.45) is 0 Å². The number of allylic oxidation sites excluding steroid dienone is 1. The Morgan fingerprint density at radius 3 is 2.62 bits per heavy atom. The van der Waals surface area contributed by atoms with Crippen molar-refractivity contribution < 1.29 is 14.0 Å². The number of amides is 1. The van der Waals surface area contributed by atoms with Crippen molar-refractivity contribution >= 4 is 40.7 Å². The second kappa shape index (κ2) is 8.35. The first-order valence-electron chi connectivity index (χ1n) is 9.54. The molecule has 2 aromatic carbocycles. The van der Waals surface area contributed by atoms with Gasteiger partial charge in [-0.2, -0.15) is 0 Å². The van der Waals surface area contributed by atoms with Crippen LogP contribution in [0.5, 0.6) is 0 Å². The summed E-state index contributed by atoms with van der Waals surface area (Å²) < 4.78 is 13.7. The van der Waals surface area contributed by atoms with Gasteiger partial charge in [-0.15, -0.1) is 0 Å². The summed E-state index contributed by atoms with van der Waals surface area (Å²) in [6, 6.07) is 10.4. The van der Waals surface area contributed by atoms with Gasteiger partial charge < -0.3 is 10.2 Å². The van der Waals surface area contributed by atoms with Crippen molar-refractivity contribution in [3.63, 3.8) is 0 Å². The Morgan fingerprint density at radius 1 is 1.07 bits per heavy atom. The zero-order valence-electron chi connectivity index (χ0n) is 15.8. The van der Waals surface area contributed by atoms with Gasteiger partial charge >= 0.3 is 0 Å². The molecule has 0 aromatic heterocycles. The van der Waals surface area contributed by atoms with Crippen molar-refractivity contribution in [2.75, 3.05) is 42.9 Å². The quantitative estimate of drug-likeness (QED) is 0.835. The minimum Gasteiger partial charge on any atom is -0.369 e. The van der Waals surface area contributed by atoms with Crippen molar-refractivity contribution in [2.45, 2.75) is 6.42 Å². The van der Waals surface area contributed by atoms with Crippen LogP contribution in [-0.2, 0) is 16.0 Å². The van der Waals surface area contributed by atoms with E-state index >= 15 is 0 Å². The standard InChI is InChI=1S/C22H21ClFN3O2/c23-20-6-4-18(13-21(20)24)27-9-7-26(8-10-27)14-22(29)25-17-3-1-16-12-19(28)5-2-15(16)11-17/h1-6,11,13H,7-10,12,14H2,(H,25,29). The third-order valence-electron chi connectivity index (χ3n) is 5.25. The van der Waals surface area contributed by atoms with Gasteiger partial charge in [0.2, 0.25) is 5.91 Å². The Bertz CT molecular complexity index is 984. The van der Waals surface area contributed by atoms with E-state index in [2.05, 4.69) is 15.1 Å². The van der Waals surface area contributed by atoms with Gasteiger partial charge in [0.05, 0.1) is 11.6 Å². The first kappa shape index (κ1) is 19.6. The van der Waals surface area contributed by atoms with E-state index in [1.54, 1.807) is 18.2 Å². The molecule has 2 aromatic rings. The summed E-state index contributed by atoms with van der Waals surface area (Å²) in [5, 5.41) is 3.05. The molecule has 0 unspecified atom stereocenters. The van der Waals surface area contributed by atoms with Gasteiger partial charge in [-0.1, -0.05) is 23.7 Å². The average molecular weight is 414 g/mol. The fraction of sp³-hybridized carbons (Fsp3) is 0.273. The maximum Gasteiger partial charge on any atom is 0.238 e. The lowest BCUT2D eigenvalue weighted by Gasteiger charge is -2.35. The van der Waals surface area contributed by atoms with E-state index in [0.717, 1.165) is 22.5 Å². The third kappa shape index (κ3) is 4.66. The van der Waals surface area contributed by atoms with Gasteiger partial charge in [-0.3, -0.25) is 14.5 Å². The van der Waals surface area contributed by atoms with Crippen LogP contribution in [0.25, 0.3) is 6.08 Å². The lowest BCUT2D eigenvalue weighted by atomic mass is 9.96. The van der Waals surface area contributed by atoms with E-state index in [4.69, 9.17) is 11.6 Å². The normalized spacial score (nSPS) is 16.6. The molecule has 29 heavy (non-hydrogen) atoms. The molecule has 7 heteroatoms. The molecule has 1 saturated heterocycles. The number of anilines is 2. The maximum absolute atomic E-state index is 13.7. The molecule has 0 bridgehead atoms. The van der Waals surface area contributed by atoms with Crippen LogP contribution in [0.1, 0.15) is 11.1 Å². The first-order valence-corrected chi connectivity index (χ1v) is 9.92. The smallest absolute Gasteiger partial charge is 0.238 e. The van der Waals surface area contributed by atoms with Gasteiger partial charge in [0.25, 0.3) is 0 Å². The largest absolute Gasteiger partial charge is 0.369 e. The number of rotatable bonds is 4. The number of carbonyl (C=O) groups excluding carboxylic acids is 2. The molecule has 0 radical (unpaired) electrons. The van der Waals surface area contributed by atoms with E-state index in [0.29, 0.717) is 39.1 Å². The number of halogens is 2. The topological polar surface area (TPSA) is 52.7 Å². The molecule has 1 fully saturated rings. The van der Waals surface area contributed by atoms with Crippen molar-refractivity contribution in [3.8, 4) is 0 Å². The van der Waals surface area contributed by atoms with Gasteiger partial charge in [-0.25, -0.2) is 4.39 Å². The van der Waals surface area contributed by atoms with Gasteiger partial charge in [0, 0.05) is 44.0 Å². The number of fused-ring (bicyclic) bond motifs is 1. The zero-order chi connectivity index (χ0) is 20.4. The highest BCUT2D eigenvalue weighted by molar-refractivity contribution is 6.30. The maximum atomic E-state index is 13.7. The summed E-state index contributed by atoms with van der Waals surface area (Å²) in [6.45, 7) is 3.16. The summed E-state index contributed by atoms with van der Waals surface area (Å²) in [5.74, 6) is -0.406. The number of carbonyl (C=O) groups is 2. The number of ketones is 1. The number of nitrogens with one attached hydrogen (secondary N) is 1. The summed E-state index contributed by atoms with van der Waals surface area (Å²) in [7, 11) is 0. The molecule has 0 atom stereocenters. The molecule has 150 valence electrons. The number of benzene rings is 2. The van der Waals surface area contributed by atoms with E-state index in [1.807, 2.05) is 24.3 Å². The van der Waals surface area contributed by atoms with E-state index < -0.39 is 5.82 Å². The molecule has 1 aliphatic carbocycles. The number of hydrogen-bond acceptors (Lipinski definition) is 4. The number of hydrogen-bond donors (Lipinski definition) is 1. The summed E-state index contributed by atoms with van der Waals surface area (Å²) in [4.78, 5) is 28.1. The van der Waals surface area contributed by atoms with Crippen LogP contribution in [0.4, 0.5) is 15.8 Å². The Morgan fingerprint density at radius 2 is 1.86 bits per heavy atom. The van der Waals surface area contributed by atoms with E-state index in [1.165, 1.54) is 6.07 Å². The molecular formula is C22H21ClFN3O2. The molecule has 0 spiro atoms. The molecule has 1 heterocycles. The molecule has 4 rings (SSSR count). The predicted octanol–water partition coefficient (Wildman–Crippen LogP) is 3.38. The van der Waals surface area contributed by atoms with Crippen molar-refractivity contribution in [1.82, 2.24) is 4.90 Å². The van der Waals surface area contributed by atoms with Crippen LogP contribution >= 0.6 is 11.6 Å². The zero-order valence-corrected chi connectivity index (χ0v) is 16.6. The van der Waals surface area contributed by atoms with Crippen molar-refractivity contribution in [1.29, 1.82) is 0 Å². The first-order chi connectivity index (χ1) is 14.0. The van der Waals surface area contributed by atoms with Crippen molar-refractivity contribution in [3.05, 3.63) is 64.4 Å². The fourth-order valence-corrected chi connectivity index (χ4v) is 3.79. The predicted molar refractivity (Wildman–Crippen MR) is 113 cm³/mol. The second-order valence-corrected chi connectivity index (χ2v) is 7.71. The lowest BCUT2D eigenvalue weighted by molar-refractivity contribution is -0.117. The van der Waals surface area contributed by atoms with Crippen LogP contribution in [0.15, 0.2) is 42.5 Å². The number of nitrogens with zero attached hydrogens (tertiary/aromatic N) is 2. The Balaban J connectivity index is 1.30. The monoisotopic (exact) mass is 413 g/mol. The number of piperazine rings is 1. The average Bonchev–Trinajstić information content (AvgIpc) is 2.71. The molecule has 5 nitrogen and oxygen atoms in total. The Kier molecular flexibility index (Phi) is 5.65. The summed E-state index contributed by atoms with van der Waals surface area (Å²) in [5.41, 5.74) is 3.47. The highest BCUT2D eigenvalue weighted by atomic mass is 35.5. The van der Waals surface area contributed by atoms with E-state index in [-0.39, 0.29) is 16.7 Å². The molecule has 1 N–H and O–H groups in total. The minimum absolute atomic E-state index is 0.0770. The molecular weight excluding hydrogens is 393 g/mol. The van der Waals surface area contributed by atoms with Crippen LogP contribution in [-0.4, -0.2) is 49.3 Å².